The van der Waals surface area contributed by atoms with Crippen molar-refractivity contribution in [2.75, 3.05) is 30.0 Å². The Hall–Kier alpha value is -1.27. The number of nitrogens with zero attached hydrogens (tertiary/aromatic N) is 2. The predicted molar refractivity (Wildman–Crippen MR) is 115 cm³/mol. The van der Waals surface area contributed by atoms with E-state index in [2.05, 4.69) is 20.0 Å². The van der Waals surface area contributed by atoms with E-state index >= 15 is 0 Å². The number of aliphatic hydroxyl groups is 1. The minimum absolute atomic E-state index is 0. The zero-order valence-corrected chi connectivity index (χ0v) is 20.6. The molecule has 3 aromatic rings. The summed E-state index contributed by atoms with van der Waals surface area (Å²) in [6, 6.07) is 12.7. The summed E-state index contributed by atoms with van der Waals surface area (Å²) in [4.78, 5) is 8.95. The van der Waals surface area contributed by atoms with Crippen LogP contribution in [0, 0.1) is 0 Å². The molecule has 0 fully saturated rings. The number of para-hydroxylation sites is 2. The Morgan fingerprint density at radius 1 is 1.07 bits per heavy atom. The summed E-state index contributed by atoms with van der Waals surface area (Å²) in [6.07, 6.45) is 2.30. The molecule has 1 aromatic heterocycles. The van der Waals surface area contributed by atoms with E-state index < -0.39 is 10.0 Å². The van der Waals surface area contributed by atoms with Crippen molar-refractivity contribution in [1.82, 2.24) is 9.97 Å². The average molecular weight is 442 g/mol. The van der Waals surface area contributed by atoms with Crippen LogP contribution < -0.4 is 14.8 Å². The molecule has 0 saturated heterocycles. The van der Waals surface area contributed by atoms with Gasteiger partial charge in [0.15, 0.2) is 11.6 Å². The molecule has 8 nitrogen and oxygen atoms in total. The van der Waals surface area contributed by atoms with Gasteiger partial charge in [-0.3, -0.25) is 4.72 Å². The number of fused-ring (bicyclic) bond motifs is 1. The molecule has 1 radical (unpaired) electrons. The third-order valence-corrected chi connectivity index (χ3v) is 4.59. The van der Waals surface area contributed by atoms with Gasteiger partial charge in [0.25, 0.3) is 0 Å². The van der Waals surface area contributed by atoms with E-state index in [-0.39, 0.29) is 69.6 Å². The topological polar surface area (TPSA) is 113 Å². The molecule has 0 aliphatic rings. The number of ether oxygens (including phenoxy) is 1. The average Bonchev–Trinajstić information content (AvgIpc) is 2.66. The number of anilines is 3. The Balaban J connectivity index is 0.00000300. The first-order valence-corrected chi connectivity index (χ1v) is 10.6. The summed E-state index contributed by atoms with van der Waals surface area (Å²) in [5.74, 6) is 1.03. The van der Waals surface area contributed by atoms with Gasteiger partial charge in [-0.25, -0.2) is 18.4 Å². The standard InChI is InChI=1S/C19H22N4O4S.K/c1-27-14-10-9-13(6-5-11-24)17(12-14)22-18-19(23-28(2,25)26)21-16-8-4-3-7-15(16)20-18;/h3-4,7-10,12,24H,5-6,11H2,1-2H3,(H,20,22)(H,21,23);. The van der Waals surface area contributed by atoms with Crippen LogP contribution in [-0.2, 0) is 16.4 Å². The molecule has 149 valence electrons. The molecule has 0 bridgehead atoms. The van der Waals surface area contributed by atoms with Gasteiger partial charge in [0.05, 0.1) is 24.4 Å². The fraction of sp³-hybridized carbons (Fsp3) is 0.263. The Morgan fingerprint density at radius 2 is 1.72 bits per heavy atom. The number of aryl methyl sites for hydroxylation is 1. The monoisotopic (exact) mass is 441 g/mol. The molecule has 3 N–H and O–H groups in total. The van der Waals surface area contributed by atoms with Gasteiger partial charge in [-0.2, -0.15) is 0 Å². The predicted octanol–water partition coefficient (Wildman–Crippen LogP) is 2.30. The Kier molecular flexibility index (Phi) is 8.83. The third kappa shape index (κ3) is 6.61. The second-order valence-corrected chi connectivity index (χ2v) is 8.01. The smallest absolute Gasteiger partial charge is 0.231 e. The van der Waals surface area contributed by atoms with Gasteiger partial charge >= 0.3 is 0 Å². The number of aliphatic hydroxyl groups excluding tert-OH is 1. The Morgan fingerprint density at radius 3 is 2.31 bits per heavy atom. The van der Waals surface area contributed by atoms with Gasteiger partial charge in [0, 0.05) is 69.7 Å². The number of benzene rings is 2. The number of rotatable bonds is 8. The maximum atomic E-state index is 11.8. The Labute approximate surface area is 212 Å². The molecule has 29 heavy (non-hydrogen) atoms. The van der Waals surface area contributed by atoms with E-state index in [4.69, 9.17) is 9.84 Å². The van der Waals surface area contributed by atoms with Crippen molar-refractivity contribution in [2.45, 2.75) is 12.8 Å². The first-order chi connectivity index (χ1) is 13.4. The van der Waals surface area contributed by atoms with Gasteiger partial charge < -0.3 is 15.2 Å². The van der Waals surface area contributed by atoms with Gasteiger partial charge in [-0.1, -0.05) is 18.2 Å². The van der Waals surface area contributed by atoms with Crippen LogP contribution in [0.4, 0.5) is 17.3 Å². The van der Waals surface area contributed by atoms with E-state index in [1.54, 1.807) is 25.3 Å². The quantitative estimate of drug-likeness (QED) is 0.460. The van der Waals surface area contributed by atoms with Crippen LogP contribution in [0.15, 0.2) is 42.5 Å². The summed E-state index contributed by atoms with van der Waals surface area (Å²) >= 11 is 0. The summed E-state index contributed by atoms with van der Waals surface area (Å²) in [7, 11) is -1.98. The summed E-state index contributed by atoms with van der Waals surface area (Å²) in [5, 5.41) is 12.3. The molecular weight excluding hydrogens is 419 g/mol. The van der Waals surface area contributed by atoms with Crippen LogP contribution in [0.5, 0.6) is 5.75 Å². The van der Waals surface area contributed by atoms with Crippen molar-refractivity contribution in [1.29, 1.82) is 0 Å². The van der Waals surface area contributed by atoms with Crippen LogP contribution in [-0.4, -0.2) is 94.8 Å². The fourth-order valence-corrected chi connectivity index (χ4v) is 3.24. The summed E-state index contributed by atoms with van der Waals surface area (Å²) in [6.45, 7) is 0.0716. The second-order valence-electron chi connectivity index (χ2n) is 6.26. The molecule has 0 saturated carbocycles. The molecule has 0 aliphatic heterocycles. The second kappa shape index (κ2) is 10.7. The molecule has 3 rings (SSSR count). The number of nitrogens with one attached hydrogen (secondary N) is 2. The van der Waals surface area contributed by atoms with Gasteiger partial charge in [0.2, 0.25) is 10.0 Å². The molecule has 0 amide bonds. The van der Waals surface area contributed by atoms with E-state index in [9.17, 15) is 8.42 Å². The molecule has 1 heterocycles. The molecule has 10 heteroatoms. The fourth-order valence-electron chi connectivity index (χ4n) is 2.75. The zero-order chi connectivity index (χ0) is 20.1. The van der Waals surface area contributed by atoms with E-state index in [1.165, 1.54) is 0 Å². The van der Waals surface area contributed by atoms with Crippen LogP contribution in [0.1, 0.15) is 12.0 Å². The van der Waals surface area contributed by atoms with E-state index in [0.717, 1.165) is 11.8 Å². The molecule has 0 atom stereocenters. The maximum Gasteiger partial charge on any atom is 0.231 e. The van der Waals surface area contributed by atoms with Crippen molar-refractivity contribution in [2.24, 2.45) is 0 Å². The van der Waals surface area contributed by atoms with Crippen molar-refractivity contribution in [3.05, 3.63) is 48.0 Å². The molecule has 0 aliphatic carbocycles. The third-order valence-electron chi connectivity index (χ3n) is 4.03. The molecule has 0 unspecified atom stereocenters. The minimum atomic E-state index is -3.55. The minimum Gasteiger partial charge on any atom is -0.497 e. The van der Waals surface area contributed by atoms with Crippen LogP contribution >= 0.6 is 0 Å². The van der Waals surface area contributed by atoms with E-state index in [0.29, 0.717) is 35.3 Å². The number of methoxy groups -OCH3 is 1. The van der Waals surface area contributed by atoms with Gasteiger partial charge in [-0.05, 0) is 36.6 Å². The Bertz CT molecular complexity index is 1090. The zero-order valence-electron chi connectivity index (χ0n) is 16.6. The molecular formula is C19H22KN4O4S. The first-order valence-electron chi connectivity index (χ1n) is 8.69. The van der Waals surface area contributed by atoms with Crippen molar-refractivity contribution >= 4 is 89.8 Å². The van der Waals surface area contributed by atoms with Gasteiger partial charge in [0.1, 0.15) is 5.75 Å². The number of aromatic nitrogens is 2. The number of sulfonamides is 1. The van der Waals surface area contributed by atoms with Crippen molar-refractivity contribution in [3.8, 4) is 5.75 Å². The largest absolute Gasteiger partial charge is 0.497 e. The summed E-state index contributed by atoms with van der Waals surface area (Å²) < 4.78 is 31.3. The van der Waals surface area contributed by atoms with Crippen LogP contribution in [0.25, 0.3) is 11.0 Å². The number of hydrogen-bond donors (Lipinski definition) is 3. The first kappa shape index (κ1) is 24.0. The van der Waals surface area contributed by atoms with Crippen molar-refractivity contribution < 1.29 is 18.3 Å². The normalized spacial score (nSPS) is 11.0. The van der Waals surface area contributed by atoms with Crippen LogP contribution in [0.2, 0.25) is 0 Å². The summed E-state index contributed by atoms with van der Waals surface area (Å²) in [5.41, 5.74) is 2.85. The SMILES string of the molecule is COc1ccc(CCCO)c(Nc2nc3ccccc3nc2NS(C)(=O)=O)c1.[K]. The van der Waals surface area contributed by atoms with E-state index in [1.807, 2.05) is 24.3 Å². The maximum absolute atomic E-state index is 11.8. The van der Waals surface area contributed by atoms with Gasteiger partial charge in [-0.15, -0.1) is 0 Å². The molecule has 0 spiro atoms. The van der Waals surface area contributed by atoms with Crippen molar-refractivity contribution in [3.63, 3.8) is 0 Å². The molecule has 2 aromatic carbocycles. The number of hydrogen-bond acceptors (Lipinski definition) is 7. The van der Waals surface area contributed by atoms with Crippen LogP contribution in [0.3, 0.4) is 0 Å².